The van der Waals surface area contributed by atoms with E-state index in [1.54, 1.807) is 0 Å². The van der Waals surface area contributed by atoms with Crippen LogP contribution in [0.25, 0.3) is 0 Å². The molecule has 1 aliphatic rings. The summed E-state index contributed by atoms with van der Waals surface area (Å²) in [5, 5.41) is 9.78. The Kier molecular flexibility index (Phi) is 4.56. The van der Waals surface area contributed by atoms with Gasteiger partial charge < -0.3 is 5.32 Å². The van der Waals surface area contributed by atoms with Crippen LogP contribution in [0.3, 0.4) is 0 Å². The Hall–Kier alpha value is -2.75. The lowest BCUT2D eigenvalue weighted by molar-refractivity contribution is -0.125. The van der Waals surface area contributed by atoms with Crippen molar-refractivity contribution in [3.05, 3.63) is 42.0 Å². The fourth-order valence-electron chi connectivity index (χ4n) is 2.10. The van der Waals surface area contributed by atoms with E-state index in [-0.39, 0.29) is 35.9 Å². The van der Waals surface area contributed by atoms with Crippen LogP contribution in [0, 0.1) is 5.82 Å². The van der Waals surface area contributed by atoms with Crippen LogP contribution < -0.4 is 5.32 Å². The minimum atomic E-state index is -0.399. The molecule has 0 atom stereocenters. The number of benzene rings is 1. The van der Waals surface area contributed by atoms with E-state index >= 15 is 0 Å². The third-order valence-electron chi connectivity index (χ3n) is 3.28. The van der Waals surface area contributed by atoms with Crippen LogP contribution in [-0.4, -0.2) is 42.7 Å². The van der Waals surface area contributed by atoms with Gasteiger partial charge in [0, 0.05) is 5.69 Å². The molecule has 1 aliphatic heterocycles. The Morgan fingerprint density at radius 3 is 2.71 bits per heavy atom. The quantitative estimate of drug-likeness (QED) is 0.873. The second kappa shape index (κ2) is 6.79. The number of carbonyl (C=O) groups excluding carboxylic acids is 3. The van der Waals surface area contributed by atoms with E-state index in [2.05, 4.69) is 15.6 Å². The first-order valence-corrected chi connectivity index (χ1v) is 7.91. The number of hydrogen-bond donors (Lipinski definition) is 1. The van der Waals surface area contributed by atoms with E-state index in [0.717, 1.165) is 16.7 Å². The monoisotopic (exact) mass is 349 g/mol. The predicted octanol–water partition coefficient (Wildman–Crippen LogP) is 1.25. The first-order valence-electron chi connectivity index (χ1n) is 6.93. The van der Waals surface area contributed by atoms with Crippen molar-refractivity contribution in [1.29, 1.82) is 0 Å². The summed E-state index contributed by atoms with van der Waals surface area (Å²) in [4.78, 5) is 36.4. The number of amides is 3. The Labute approximate surface area is 140 Å². The van der Waals surface area contributed by atoms with Crippen molar-refractivity contribution in [2.24, 2.45) is 0 Å². The van der Waals surface area contributed by atoms with Crippen LogP contribution in [0.5, 0.6) is 0 Å². The van der Waals surface area contributed by atoms with Gasteiger partial charge in [0.1, 0.15) is 12.4 Å². The lowest BCUT2D eigenvalue weighted by atomic mass is 10.3. The van der Waals surface area contributed by atoms with Crippen molar-refractivity contribution in [3.8, 4) is 0 Å². The van der Waals surface area contributed by atoms with E-state index in [9.17, 15) is 18.8 Å². The van der Waals surface area contributed by atoms with Gasteiger partial charge in [-0.3, -0.25) is 19.3 Å². The summed E-state index contributed by atoms with van der Waals surface area (Å²) in [5.74, 6) is -0.953. The third kappa shape index (κ3) is 3.59. The topological polar surface area (TPSA) is 97.2 Å². The number of hydrogen-bond acceptors (Lipinski definition) is 6. The highest BCUT2D eigenvalue weighted by molar-refractivity contribution is 8.14. The van der Waals surface area contributed by atoms with Gasteiger partial charge >= 0.3 is 0 Å². The lowest BCUT2D eigenvalue weighted by Crippen LogP contribution is -2.30. The zero-order valence-corrected chi connectivity index (χ0v) is 13.1. The zero-order valence-electron chi connectivity index (χ0n) is 12.3. The van der Waals surface area contributed by atoms with Gasteiger partial charge in [-0.25, -0.2) is 9.07 Å². The first-order chi connectivity index (χ1) is 11.5. The fraction of sp³-hybridized carbons (Fsp3) is 0.214. The molecule has 124 valence electrons. The summed E-state index contributed by atoms with van der Waals surface area (Å²) >= 11 is 0.935. The summed E-state index contributed by atoms with van der Waals surface area (Å²) < 4.78 is 14.2. The molecular weight excluding hydrogens is 337 g/mol. The molecule has 1 aromatic carbocycles. The third-order valence-corrected chi connectivity index (χ3v) is 4.14. The highest BCUT2D eigenvalue weighted by atomic mass is 32.2. The number of imide groups is 1. The van der Waals surface area contributed by atoms with Crippen LogP contribution in [0.15, 0.2) is 30.5 Å². The molecule has 0 spiro atoms. The van der Waals surface area contributed by atoms with Crippen molar-refractivity contribution in [2.45, 2.75) is 13.1 Å². The van der Waals surface area contributed by atoms with Crippen molar-refractivity contribution >= 4 is 34.5 Å². The van der Waals surface area contributed by atoms with Crippen LogP contribution in [0.1, 0.15) is 5.69 Å². The van der Waals surface area contributed by atoms with Gasteiger partial charge in [-0.15, -0.1) is 5.10 Å². The molecule has 0 radical (unpaired) electrons. The number of rotatable bonds is 5. The Balaban J connectivity index is 1.64. The molecule has 10 heteroatoms. The number of carbonyl (C=O) groups is 3. The number of nitrogens with zero attached hydrogens (tertiary/aromatic N) is 4. The maximum atomic E-state index is 12.8. The van der Waals surface area contributed by atoms with Gasteiger partial charge in [0.05, 0.1) is 24.2 Å². The van der Waals surface area contributed by atoms with E-state index in [1.807, 2.05) is 0 Å². The molecule has 1 saturated heterocycles. The maximum Gasteiger partial charge on any atom is 0.289 e. The molecule has 0 saturated carbocycles. The molecule has 3 amide bonds. The summed E-state index contributed by atoms with van der Waals surface area (Å²) in [6.07, 6.45) is 1.40. The number of halogens is 1. The number of nitrogens with one attached hydrogen (secondary N) is 1. The molecule has 24 heavy (non-hydrogen) atoms. The van der Waals surface area contributed by atoms with Crippen molar-refractivity contribution in [1.82, 2.24) is 19.9 Å². The van der Waals surface area contributed by atoms with Gasteiger partial charge in [-0.05, 0) is 24.3 Å². The van der Waals surface area contributed by atoms with E-state index in [1.165, 1.54) is 35.1 Å². The van der Waals surface area contributed by atoms with Gasteiger partial charge in [0.2, 0.25) is 11.8 Å². The van der Waals surface area contributed by atoms with Gasteiger partial charge in [-0.1, -0.05) is 17.0 Å². The maximum absolute atomic E-state index is 12.8. The first kappa shape index (κ1) is 16.1. The smallest absolute Gasteiger partial charge is 0.289 e. The SMILES string of the molecule is O=C(Cn1nncc1CN1C(=O)CSC1=O)Nc1ccc(F)cc1. The van der Waals surface area contributed by atoms with Crippen molar-refractivity contribution in [2.75, 3.05) is 11.1 Å². The zero-order chi connectivity index (χ0) is 17.1. The Morgan fingerprint density at radius 1 is 1.29 bits per heavy atom. The Bertz CT molecular complexity index is 776. The van der Waals surface area contributed by atoms with Crippen LogP contribution in [0.2, 0.25) is 0 Å². The molecule has 0 bridgehead atoms. The largest absolute Gasteiger partial charge is 0.324 e. The van der Waals surface area contributed by atoms with Crippen molar-refractivity contribution in [3.63, 3.8) is 0 Å². The molecule has 8 nitrogen and oxygen atoms in total. The van der Waals surface area contributed by atoms with E-state index < -0.39 is 5.82 Å². The standard InChI is InChI=1S/C14H12FN5O3S/c15-9-1-3-10(4-2-9)17-12(21)7-20-11(5-16-18-20)6-19-13(22)8-24-14(19)23/h1-5H,6-8H2,(H,17,21). The molecular formula is C14H12FN5O3S. The molecule has 0 aliphatic carbocycles. The average Bonchev–Trinajstić information content (AvgIpc) is 3.11. The molecule has 2 heterocycles. The minimum absolute atomic E-state index is 0.0154. The molecule has 2 aromatic rings. The average molecular weight is 349 g/mol. The molecule has 1 fully saturated rings. The van der Waals surface area contributed by atoms with E-state index in [4.69, 9.17) is 0 Å². The molecule has 1 N–H and O–H groups in total. The van der Waals surface area contributed by atoms with E-state index in [0.29, 0.717) is 11.4 Å². The second-order valence-electron chi connectivity index (χ2n) is 4.97. The van der Waals surface area contributed by atoms with Gasteiger partial charge in [-0.2, -0.15) is 0 Å². The summed E-state index contributed by atoms with van der Waals surface area (Å²) in [7, 11) is 0. The normalized spacial score (nSPS) is 14.3. The number of thioether (sulfide) groups is 1. The second-order valence-corrected chi connectivity index (χ2v) is 5.90. The summed E-state index contributed by atoms with van der Waals surface area (Å²) in [5.41, 5.74) is 0.915. The fourth-order valence-corrected chi connectivity index (χ4v) is 2.83. The number of aromatic nitrogens is 3. The van der Waals surface area contributed by atoms with Gasteiger partial charge in [0.15, 0.2) is 0 Å². The summed E-state index contributed by atoms with van der Waals surface area (Å²) in [6.45, 7) is -0.127. The Morgan fingerprint density at radius 2 is 2.04 bits per heavy atom. The highest BCUT2D eigenvalue weighted by Crippen LogP contribution is 2.20. The van der Waals surface area contributed by atoms with Crippen molar-refractivity contribution < 1.29 is 18.8 Å². The van der Waals surface area contributed by atoms with Gasteiger partial charge in [0.25, 0.3) is 5.24 Å². The number of anilines is 1. The molecule has 3 rings (SSSR count). The lowest BCUT2D eigenvalue weighted by Gasteiger charge is -2.13. The molecule has 0 unspecified atom stereocenters. The minimum Gasteiger partial charge on any atom is -0.324 e. The van der Waals surface area contributed by atoms with Crippen LogP contribution in [-0.2, 0) is 22.7 Å². The highest BCUT2D eigenvalue weighted by Gasteiger charge is 2.30. The predicted molar refractivity (Wildman–Crippen MR) is 83.5 cm³/mol. The van der Waals surface area contributed by atoms with Crippen LogP contribution >= 0.6 is 11.8 Å². The molecule has 1 aromatic heterocycles. The van der Waals surface area contributed by atoms with Crippen LogP contribution in [0.4, 0.5) is 14.9 Å². The summed E-state index contributed by atoms with van der Waals surface area (Å²) in [6, 6.07) is 5.35.